The van der Waals surface area contributed by atoms with E-state index in [1.165, 1.54) is 7.11 Å². The van der Waals surface area contributed by atoms with E-state index in [2.05, 4.69) is 11.7 Å². The van der Waals surface area contributed by atoms with Gasteiger partial charge >= 0.3 is 5.97 Å². The van der Waals surface area contributed by atoms with Crippen LogP contribution in [0.5, 0.6) is 0 Å². The van der Waals surface area contributed by atoms with E-state index in [-0.39, 0.29) is 24.3 Å². The molecule has 1 saturated carbocycles. The first kappa shape index (κ1) is 15.0. The van der Waals surface area contributed by atoms with E-state index in [9.17, 15) is 9.59 Å². The zero-order chi connectivity index (χ0) is 13.5. The molecule has 4 nitrogen and oxygen atoms in total. The summed E-state index contributed by atoms with van der Waals surface area (Å²) >= 11 is 0. The molecule has 1 rings (SSSR count). The van der Waals surface area contributed by atoms with Crippen LogP contribution in [0.25, 0.3) is 0 Å². The van der Waals surface area contributed by atoms with Gasteiger partial charge in [0.25, 0.3) is 0 Å². The second-order valence-electron chi connectivity index (χ2n) is 5.29. The predicted octanol–water partition coefficient (Wildman–Crippen LogP) is 2.22. The molecule has 18 heavy (non-hydrogen) atoms. The van der Waals surface area contributed by atoms with Gasteiger partial charge in [0.2, 0.25) is 5.91 Å². The number of amides is 1. The normalized spacial score (nSPS) is 23.5. The fraction of sp³-hybridized carbons (Fsp3) is 0.857. The van der Waals surface area contributed by atoms with Gasteiger partial charge in [-0.15, -0.1) is 0 Å². The Morgan fingerprint density at radius 2 is 1.83 bits per heavy atom. The second kappa shape index (κ2) is 7.39. The molecule has 0 aromatic carbocycles. The first-order valence-corrected chi connectivity index (χ1v) is 6.94. The molecule has 0 atom stereocenters. The average molecular weight is 255 g/mol. The molecule has 1 aliphatic carbocycles. The summed E-state index contributed by atoms with van der Waals surface area (Å²) in [6.07, 6.45) is 5.03. The minimum atomic E-state index is -0.332. The third-order valence-electron chi connectivity index (χ3n) is 3.72. The predicted molar refractivity (Wildman–Crippen MR) is 70.0 cm³/mol. The molecule has 1 fully saturated rings. The highest BCUT2D eigenvalue weighted by atomic mass is 16.5. The second-order valence-corrected chi connectivity index (χ2v) is 5.29. The molecule has 4 heteroatoms. The van der Waals surface area contributed by atoms with Crippen LogP contribution < -0.4 is 0 Å². The first-order valence-electron chi connectivity index (χ1n) is 6.94. The van der Waals surface area contributed by atoms with Gasteiger partial charge in [-0.3, -0.25) is 9.59 Å². The summed E-state index contributed by atoms with van der Waals surface area (Å²) in [5.74, 6) is 0.641. The molecule has 1 amide bonds. The third kappa shape index (κ3) is 4.31. The van der Waals surface area contributed by atoms with Crippen molar-refractivity contribution >= 4 is 11.9 Å². The van der Waals surface area contributed by atoms with Gasteiger partial charge in [0.05, 0.1) is 7.11 Å². The zero-order valence-electron chi connectivity index (χ0n) is 11.8. The lowest BCUT2D eigenvalue weighted by molar-refractivity contribution is -0.149. The van der Waals surface area contributed by atoms with E-state index in [0.717, 1.165) is 38.0 Å². The largest absolute Gasteiger partial charge is 0.468 e. The van der Waals surface area contributed by atoms with Crippen LogP contribution in [-0.2, 0) is 14.3 Å². The molecular formula is C14H25NO3. The minimum absolute atomic E-state index is 0.0925. The van der Waals surface area contributed by atoms with Crippen molar-refractivity contribution < 1.29 is 14.3 Å². The van der Waals surface area contributed by atoms with Crippen molar-refractivity contribution in [1.82, 2.24) is 4.90 Å². The molecule has 0 heterocycles. The molecule has 0 aliphatic heterocycles. The van der Waals surface area contributed by atoms with Crippen molar-refractivity contribution in [2.24, 2.45) is 11.8 Å². The van der Waals surface area contributed by atoms with Gasteiger partial charge < -0.3 is 9.64 Å². The van der Waals surface area contributed by atoms with Crippen LogP contribution in [0, 0.1) is 11.8 Å². The van der Waals surface area contributed by atoms with Gasteiger partial charge in [0, 0.05) is 12.5 Å². The van der Waals surface area contributed by atoms with E-state index < -0.39 is 0 Å². The molecule has 0 aromatic heterocycles. The Balaban J connectivity index is 2.55. The molecule has 0 radical (unpaired) electrons. The highest BCUT2D eigenvalue weighted by Crippen LogP contribution is 2.29. The number of ether oxygens (including phenoxy) is 1. The average Bonchev–Trinajstić information content (AvgIpc) is 2.38. The van der Waals surface area contributed by atoms with E-state index in [1.54, 1.807) is 4.90 Å². The summed E-state index contributed by atoms with van der Waals surface area (Å²) in [5, 5.41) is 0. The summed E-state index contributed by atoms with van der Waals surface area (Å²) in [7, 11) is 1.36. The fourth-order valence-corrected chi connectivity index (χ4v) is 2.52. The van der Waals surface area contributed by atoms with Crippen LogP contribution in [0.3, 0.4) is 0 Å². The molecular weight excluding hydrogens is 230 g/mol. The number of methoxy groups -OCH3 is 1. The Kier molecular flexibility index (Phi) is 6.16. The van der Waals surface area contributed by atoms with Gasteiger partial charge in [-0.25, -0.2) is 0 Å². The number of hydrogen-bond acceptors (Lipinski definition) is 3. The van der Waals surface area contributed by atoms with E-state index in [4.69, 9.17) is 0 Å². The lowest BCUT2D eigenvalue weighted by Gasteiger charge is -2.30. The van der Waals surface area contributed by atoms with Crippen LogP contribution in [0.4, 0.5) is 0 Å². The Labute approximate surface area is 110 Å². The molecule has 0 bridgehead atoms. The summed E-state index contributed by atoms with van der Waals surface area (Å²) < 4.78 is 4.65. The van der Waals surface area contributed by atoms with Gasteiger partial charge in [-0.1, -0.05) is 13.8 Å². The van der Waals surface area contributed by atoms with E-state index >= 15 is 0 Å². The Hall–Kier alpha value is -1.06. The Bertz CT molecular complexity index is 283. The van der Waals surface area contributed by atoms with E-state index in [1.807, 2.05) is 6.92 Å². The molecule has 0 aromatic rings. The summed E-state index contributed by atoms with van der Waals surface area (Å²) in [6.45, 7) is 4.98. The number of esters is 1. The molecule has 0 spiro atoms. The zero-order valence-corrected chi connectivity index (χ0v) is 11.8. The molecule has 0 unspecified atom stereocenters. The van der Waals surface area contributed by atoms with Crippen molar-refractivity contribution in [2.75, 3.05) is 20.2 Å². The highest BCUT2D eigenvalue weighted by molar-refractivity contribution is 5.83. The van der Waals surface area contributed by atoms with Crippen LogP contribution >= 0.6 is 0 Å². The first-order chi connectivity index (χ1) is 8.58. The number of carbonyl (C=O) groups excluding carboxylic acids is 2. The maximum absolute atomic E-state index is 12.4. The van der Waals surface area contributed by atoms with Crippen molar-refractivity contribution in [2.45, 2.75) is 46.0 Å². The lowest BCUT2D eigenvalue weighted by atomic mass is 9.82. The van der Waals surface area contributed by atoms with E-state index in [0.29, 0.717) is 6.54 Å². The number of rotatable bonds is 5. The monoisotopic (exact) mass is 255 g/mol. The SMILES string of the molecule is CCCN(CC(=O)OC)C(=O)C1CCC(C)CC1. The lowest BCUT2D eigenvalue weighted by Crippen LogP contribution is -2.41. The highest BCUT2D eigenvalue weighted by Gasteiger charge is 2.28. The van der Waals surface area contributed by atoms with Crippen LogP contribution in [0.2, 0.25) is 0 Å². The summed E-state index contributed by atoms with van der Waals surface area (Å²) in [6, 6.07) is 0. The molecule has 0 saturated heterocycles. The third-order valence-corrected chi connectivity index (χ3v) is 3.72. The van der Waals surface area contributed by atoms with Crippen molar-refractivity contribution in [1.29, 1.82) is 0 Å². The molecule has 104 valence electrons. The maximum Gasteiger partial charge on any atom is 0.325 e. The standard InChI is InChI=1S/C14H25NO3/c1-4-9-15(10-13(16)18-3)14(17)12-7-5-11(2)6-8-12/h11-12H,4-10H2,1-3H3. The molecule has 0 N–H and O–H groups in total. The van der Waals surface area contributed by atoms with Crippen LogP contribution in [-0.4, -0.2) is 37.0 Å². The van der Waals surface area contributed by atoms with Crippen LogP contribution in [0.15, 0.2) is 0 Å². The van der Waals surface area contributed by atoms with Crippen molar-refractivity contribution in [3.63, 3.8) is 0 Å². The fourth-order valence-electron chi connectivity index (χ4n) is 2.52. The maximum atomic E-state index is 12.4. The van der Waals surface area contributed by atoms with Crippen molar-refractivity contribution in [3.8, 4) is 0 Å². The smallest absolute Gasteiger partial charge is 0.325 e. The Morgan fingerprint density at radius 3 is 2.33 bits per heavy atom. The number of hydrogen-bond donors (Lipinski definition) is 0. The number of nitrogens with zero attached hydrogens (tertiary/aromatic N) is 1. The van der Waals surface area contributed by atoms with Gasteiger partial charge in [-0.05, 0) is 38.0 Å². The number of carbonyl (C=O) groups is 2. The Morgan fingerprint density at radius 1 is 1.22 bits per heavy atom. The quantitative estimate of drug-likeness (QED) is 0.708. The van der Waals surface area contributed by atoms with Gasteiger partial charge in [0.1, 0.15) is 6.54 Å². The summed E-state index contributed by atoms with van der Waals surface area (Å²) in [4.78, 5) is 25.3. The van der Waals surface area contributed by atoms with Crippen LogP contribution in [0.1, 0.15) is 46.0 Å². The minimum Gasteiger partial charge on any atom is -0.468 e. The topological polar surface area (TPSA) is 46.6 Å². The molecule has 1 aliphatic rings. The van der Waals surface area contributed by atoms with Crippen molar-refractivity contribution in [3.05, 3.63) is 0 Å². The van der Waals surface area contributed by atoms with Gasteiger partial charge in [-0.2, -0.15) is 0 Å². The van der Waals surface area contributed by atoms with Gasteiger partial charge in [0.15, 0.2) is 0 Å². The summed E-state index contributed by atoms with van der Waals surface area (Å²) in [5.41, 5.74) is 0.